The smallest absolute Gasteiger partial charge is 0.417 e. The summed E-state index contributed by atoms with van der Waals surface area (Å²) in [6.45, 7) is -2.91. The van der Waals surface area contributed by atoms with Gasteiger partial charge in [0.1, 0.15) is 5.75 Å². The zero-order valence-corrected chi connectivity index (χ0v) is 8.81. The Kier molecular flexibility index (Phi) is 2.37. The molecule has 0 radical (unpaired) electrons. The summed E-state index contributed by atoms with van der Waals surface area (Å²) in [5, 5.41) is 0. The summed E-state index contributed by atoms with van der Waals surface area (Å²) >= 11 is 1.22. The Morgan fingerprint density at radius 2 is 2.31 bits per heavy atom. The van der Waals surface area contributed by atoms with Crippen LogP contribution in [0.4, 0.5) is 0 Å². The van der Waals surface area contributed by atoms with E-state index in [1.165, 1.54) is 18.5 Å². The second-order valence-electron chi connectivity index (χ2n) is 2.60. The van der Waals surface area contributed by atoms with E-state index in [1.807, 2.05) is 18.2 Å². The lowest BCUT2D eigenvalue weighted by molar-refractivity contribution is 0.339. The van der Waals surface area contributed by atoms with Crippen LogP contribution in [0.3, 0.4) is 0 Å². The first-order valence-corrected chi connectivity index (χ1v) is 6.95. The molecule has 1 aromatic carbocycles. The predicted molar refractivity (Wildman–Crippen MR) is 53.0 cm³/mol. The number of hydrogen-bond donors (Lipinski definition) is 0. The minimum Gasteiger partial charge on any atom is -0.417 e. The highest BCUT2D eigenvalue weighted by Gasteiger charge is 2.31. The first-order chi connectivity index (χ1) is 6.23. The molecular weight excluding hydrogens is 207 g/mol. The average molecular weight is 216 g/mol. The molecular formula is C8H9O3PS. The van der Waals surface area contributed by atoms with Crippen LogP contribution in [0.15, 0.2) is 24.3 Å². The van der Waals surface area contributed by atoms with Gasteiger partial charge in [0, 0.05) is 18.4 Å². The van der Waals surface area contributed by atoms with E-state index >= 15 is 0 Å². The summed E-state index contributed by atoms with van der Waals surface area (Å²) < 4.78 is 21.8. The van der Waals surface area contributed by atoms with Gasteiger partial charge in [-0.05, 0) is 17.4 Å². The van der Waals surface area contributed by atoms with Crippen molar-refractivity contribution in [3.63, 3.8) is 0 Å². The maximum atomic E-state index is 11.7. The van der Waals surface area contributed by atoms with Crippen LogP contribution in [-0.4, -0.2) is 7.11 Å². The Balaban J connectivity index is 2.35. The predicted octanol–water partition coefficient (Wildman–Crippen LogP) is 3.07. The highest BCUT2D eigenvalue weighted by Crippen LogP contribution is 2.64. The molecule has 5 heteroatoms. The second-order valence-corrected chi connectivity index (χ2v) is 6.71. The molecule has 0 N–H and O–H groups in total. The fourth-order valence-corrected chi connectivity index (χ4v) is 3.89. The normalized spacial score (nSPS) is 26.2. The topological polar surface area (TPSA) is 35.5 Å². The fourth-order valence-electron chi connectivity index (χ4n) is 1.10. The summed E-state index contributed by atoms with van der Waals surface area (Å²) in [6, 6.07) is 7.56. The van der Waals surface area contributed by atoms with Crippen LogP contribution in [0.5, 0.6) is 5.75 Å². The molecule has 0 bridgehead atoms. The second kappa shape index (κ2) is 3.37. The van der Waals surface area contributed by atoms with Crippen LogP contribution in [0.1, 0.15) is 5.56 Å². The first kappa shape index (κ1) is 9.13. The fraction of sp³-hybridized carbons (Fsp3) is 0.250. The zero-order chi connectivity index (χ0) is 9.31. The van der Waals surface area contributed by atoms with E-state index < -0.39 is 6.80 Å². The summed E-state index contributed by atoms with van der Waals surface area (Å²) in [5.41, 5.74) is 1.07. The maximum Gasteiger partial charge on any atom is 0.440 e. The number of hydrogen-bond acceptors (Lipinski definition) is 4. The van der Waals surface area contributed by atoms with Gasteiger partial charge in [-0.25, -0.2) is 4.57 Å². The third kappa shape index (κ3) is 1.75. The van der Waals surface area contributed by atoms with Crippen molar-refractivity contribution in [2.75, 3.05) is 7.11 Å². The van der Waals surface area contributed by atoms with Gasteiger partial charge in [-0.3, -0.25) is 4.52 Å². The lowest BCUT2D eigenvalue weighted by atomic mass is 10.2. The van der Waals surface area contributed by atoms with Gasteiger partial charge >= 0.3 is 6.80 Å². The van der Waals surface area contributed by atoms with E-state index in [0.717, 1.165) is 5.56 Å². The molecule has 1 heterocycles. The first-order valence-electron chi connectivity index (χ1n) is 3.81. The molecule has 0 aliphatic carbocycles. The van der Waals surface area contributed by atoms with Crippen molar-refractivity contribution in [3.8, 4) is 5.75 Å². The highest BCUT2D eigenvalue weighted by atomic mass is 32.7. The average Bonchev–Trinajstić information content (AvgIpc) is 2.18. The number of benzene rings is 1. The Morgan fingerprint density at radius 3 is 3.08 bits per heavy atom. The third-order valence-electron chi connectivity index (χ3n) is 1.78. The van der Waals surface area contributed by atoms with E-state index in [0.29, 0.717) is 11.5 Å². The van der Waals surface area contributed by atoms with Crippen LogP contribution >= 0.6 is 18.2 Å². The molecule has 0 saturated carbocycles. The minimum absolute atomic E-state index is 0.673. The van der Waals surface area contributed by atoms with Gasteiger partial charge < -0.3 is 4.52 Å². The standard InChI is InChI=1S/C8H9O3PS/c1-10-12(9)11-8-5-3-2-4-7(8)6-13-12/h2-5H,6H2,1H3. The number of para-hydroxylation sites is 1. The van der Waals surface area contributed by atoms with Crippen LogP contribution in [0.2, 0.25) is 0 Å². The Labute approximate surface area is 80.7 Å². The minimum atomic E-state index is -2.91. The third-order valence-corrected chi connectivity index (χ3v) is 5.42. The van der Waals surface area contributed by atoms with Gasteiger partial charge in [0.15, 0.2) is 0 Å². The molecule has 2 rings (SSSR count). The molecule has 0 saturated heterocycles. The van der Waals surface area contributed by atoms with Crippen molar-refractivity contribution >= 4 is 18.2 Å². The Bertz CT molecular complexity index is 366. The van der Waals surface area contributed by atoms with Crippen LogP contribution in [0.25, 0.3) is 0 Å². The van der Waals surface area contributed by atoms with Gasteiger partial charge in [-0.1, -0.05) is 18.2 Å². The van der Waals surface area contributed by atoms with E-state index in [2.05, 4.69) is 0 Å². The molecule has 1 aromatic rings. The molecule has 0 amide bonds. The molecule has 0 spiro atoms. The number of rotatable bonds is 1. The van der Waals surface area contributed by atoms with Crippen molar-refractivity contribution in [2.24, 2.45) is 0 Å². The quantitative estimate of drug-likeness (QED) is 0.676. The van der Waals surface area contributed by atoms with Gasteiger partial charge in [0.05, 0.1) is 0 Å². The van der Waals surface area contributed by atoms with E-state index in [4.69, 9.17) is 9.05 Å². The summed E-state index contributed by atoms with van der Waals surface area (Å²) in [7, 11) is 1.40. The molecule has 1 atom stereocenters. The van der Waals surface area contributed by atoms with E-state index in [1.54, 1.807) is 6.07 Å². The van der Waals surface area contributed by atoms with E-state index in [9.17, 15) is 4.57 Å². The van der Waals surface area contributed by atoms with Crippen LogP contribution in [0, 0.1) is 0 Å². The van der Waals surface area contributed by atoms with Gasteiger partial charge in [0.25, 0.3) is 0 Å². The monoisotopic (exact) mass is 216 g/mol. The molecule has 0 aromatic heterocycles. The summed E-state index contributed by atoms with van der Waals surface area (Å²) in [6.07, 6.45) is 0. The van der Waals surface area contributed by atoms with Gasteiger partial charge in [-0.15, -0.1) is 0 Å². The highest BCUT2D eigenvalue weighted by molar-refractivity contribution is 8.54. The van der Waals surface area contributed by atoms with Crippen molar-refractivity contribution < 1.29 is 13.6 Å². The van der Waals surface area contributed by atoms with Crippen molar-refractivity contribution in [2.45, 2.75) is 5.75 Å². The molecule has 1 aliphatic rings. The van der Waals surface area contributed by atoms with Gasteiger partial charge in [0.2, 0.25) is 0 Å². The largest absolute Gasteiger partial charge is 0.440 e. The molecule has 1 unspecified atom stereocenters. The lowest BCUT2D eigenvalue weighted by Gasteiger charge is -2.22. The molecule has 13 heavy (non-hydrogen) atoms. The van der Waals surface area contributed by atoms with Crippen molar-refractivity contribution in [3.05, 3.63) is 29.8 Å². The van der Waals surface area contributed by atoms with Crippen LogP contribution in [-0.2, 0) is 14.8 Å². The number of fused-ring (bicyclic) bond motifs is 1. The molecule has 1 aliphatic heterocycles. The summed E-state index contributed by atoms with van der Waals surface area (Å²) in [5.74, 6) is 1.35. The summed E-state index contributed by atoms with van der Waals surface area (Å²) in [4.78, 5) is 0. The van der Waals surface area contributed by atoms with Crippen molar-refractivity contribution in [1.29, 1.82) is 0 Å². The SMILES string of the molecule is COP1(=O)Oc2ccccc2CS1. The molecule has 0 fully saturated rings. The molecule has 70 valence electrons. The van der Waals surface area contributed by atoms with E-state index in [-0.39, 0.29) is 0 Å². The lowest BCUT2D eigenvalue weighted by Crippen LogP contribution is -2.00. The Morgan fingerprint density at radius 1 is 1.54 bits per heavy atom. The van der Waals surface area contributed by atoms with Crippen molar-refractivity contribution in [1.82, 2.24) is 0 Å². The molecule has 3 nitrogen and oxygen atoms in total. The van der Waals surface area contributed by atoms with Gasteiger partial charge in [-0.2, -0.15) is 0 Å². The maximum absolute atomic E-state index is 11.7. The Hall–Kier alpha value is -0.440. The zero-order valence-electron chi connectivity index (χ0n) is 7.10. The van der Waals surface area contributed by atoms with Crippen LogP contribution < -0.4 is 4.52 Å².